The summed E-state index contributed by atoms with van der Waals surface area (Å²) in [5.74, 6) is 1.11. The number of halogens is 1. The molecule has 2 aromatic rings. The molecule has 1 atom stereocenters. The Kier molecular flexibility index (Phi) is 6.04. The molecule has 2 aliphatic rings. The normalized spacial score (nSPS) is 21.9. The van der Waals surface area contributed by atoms with Crippen LogP contribution < -0.4 is 21.9 Å². The van der Waals surface area contributed by atoms with Crippen LogP contribution in [0.5, 0.6) is 0 Å². The minimum atomic E-state index is -0.967. The largest absolute Gasteiger partial charge is 1.00 e. The van der Waals surface area contributed by atoms with Crippen LogP contribution in [-0.4, -0.2) is 33.7 Å². The summed E-state index contributed by atoms with van der Waals surface area (Å²) in [7, 11) is 0. The Hall–Kier alpha value is -1.30. The lowest BCUT2D eigenvalue weighted by Crippen LogP contribution is -3.00. The number of benzene rings is 2. The summed E-state index contributed by atoms with van der Waals surface area (Å²) in [5, 5.41) is 13.0. The molecule has 0 amide bonds. The average Bonchev–Trinajstić information content (AvgIpc) is 2.98. The van der Waals surface area contributed by atoms with E-state index in [0.29, 0.717) is 6.54 Å². The summed E-state index contributed by atoms with van der Waals surface area (Å²) in [6, 6.07) is 14.9. The predicted octanol–water partition coefficient (Wildman–Crippen LogP) is 1.04. The third-order valence-corrected chi connectivity index (χ3v) is 6.93. The second-order valence-electron chi connectivity index (χ2n) is 7.31. The third kappa shape index (κ3) is 3.45. The van der Waals surface area contributed by atoms with E-state index in [2.05, 4.69) is 72.7 Å². The standard InChI is InChI=1S/C22H27N2OS.BrH/c1-4-18-9-11-19(12-10-18)22(25)15-23(21-24(22)13-6-14-26-21)20-8-5-7-16(2)17(20)3;/h5,7-12,25H,4,6,13-15H2,1-3H3;1H/q+1;/p-1. The minimum absolute atomic E-state index is 0. The second-order valence-corrected chi connectivity index (χ2v) is 8.37. The number of hydrogen-bond donors (Lipinski definition) is 1. The van der Waals surface area contributed by atoms with E-state index in [-0.39, 0.29) is 17.0 Å². The van der Waals surface area contributed by atoms with Crippen LogP contribution in [0, 0.1) is 13.8 Å². The molecular weight excluding hydrogens is 420 g/mol. The first-order valence-corrected chi connectivity index (χ1v) is 10.5. The van der Waals surface area contributed by atoms with Crippen molar-refractivity contribution in [2.45, 2.75) is 39.3 Å². The third-order valence-electron chi connectivity index (χ3n) is 5.74. The van der Waals surface area contributed by atoms with Gasteiger partial charge in [-0.1, -0.05) is 43.3 Å². The van der Waals surface area contributed by atoms with Crippen LogP contribution in [0.25, 0.3) is 0 Å². The smallest absolute Gasteiger partial charge is 0.316 e. The zero-order valence-corrected chi connectivity index (χ0v) is 18.6. The fourth-order valence-corrected chi connectivity index (χ4v) is 5.14. The van der Waals surface area contributed by atoms with Crippen LogP contribution in [0.3, 0.4) is 0 Å². The number of aliphatic hydroxyl groups is 1. The number of amidine groups is 1. The summed E-state index contributed by atoms with van der Waals surface area (Å²) < 4.78 is 2.21. The molecule has 144 valence electrons. The molecule has 0 bridgehead atoms. The Morgan fingerprint density at radius 2 is 1.89 bits per heavy atom. The van der Waals surface area contributed by atoms with Crippen molar-refractivity contribution in [2.24, 2.45) is 0 Å². The summed E-state index contributed by atoms with van der Waals surface area (Å²) >= 11 is 1.86. The quantitative estimate of drug-likeness (QED) is 0.713. The molecule has 3 nitrogen and oxygen atoms in total. The first-order chi connectivity index (χ1) is 12.5. The molecule has 0 saturated heterocycles. The van der Waals surface area contributed by atoms with Crippen LogP contribution >= 0.6 is 11.8 Å². The van der Waals surface area contributed by atoms with Gasteiger partial charge in [0.1, 0.15) is 5.69 Å². The summed E-state index contributed by atoms with van der Waals surface area (Å²) in [4.78, 5) is 2.32. The zero-order chi connectivity index (χ0) is 18.3. The Bertz CT molecular complexity index is 865. The first kappa shape index (κ1) is 20.4. The van der Waals surface area contributed by atoms with Gasteiger partial charge in [-0.25, -0.2) is 9.48 Å². The van der Waals surface area contributed by atoms with Gasteiger partial charge in [0.15, 0.2) is 6.54 Å². The maximum absolute atomic E-state index is 11.8. The van der Waals surface area contributed by atoms with Gasteiger partial charge in [0.2, 0.25) is 0 Å². The molecule has 0 saturated carbocycles. The fourth-order valence-electron chi connectivity index (χ4n) is 3.97. The zero-order valence-electron chi connectivity index (χ0n) is 16.2. The van der Waals surface area contributed by atoms with Crippen molar-refractivity contribution in [1.29, 1.82) is 0 Å². The molecule has 2 heterocycles. The van der Waals surface area contributed by atoms with Gasteiger partial charge in [0, 0.05) is 11.3 Å². The lowest BCUT2D eigenvalue weighted by molar-refractivity contribution is -0.656. The number of thioether (sulfide) groups is 1. The molecule has 2 aliphatic heterocycles. The van der Waals surface area contributed by atoms with Gasteiger partial charge >= 0.3 is 5.17 Å². The van der Waals surface area contributed by atoms with Crippen molar-refractivity contribution in [3.63, 3.8) is 0 Å². The molecule has 0 aromatic heterocycles. The molecular formula is C22H27BrN2OS. The molecule has 0 radical (unpaired) electrons. The number of nitrogens with zero attached hydrogens (tertiary/aromatic N) is 2. The monoisotopic (exact) mass is 446 g/mol. The second kappa shape index (κ2) is 7.98. The van der Waals surface area contributed by atoms with Crippen LogP contribution in [0.1, 0.15) is 35.6 Å². The van der Waals surface area contributed by atoms with Gasteiger partial charge < -0.3 is 22.1 Å². The molecule has 0 spiro atoms. The molecule has 27 heavy (non-hydrogen) atoms. The van der Waals surface area contributed by atoms with Crippen molar-refractivity contribution in [2.75, 3.05) is 23.7 Å². The molecule has 0 aliphatic carbocycles. The molecule has 5 heteroatoms. The van der Waals surface area contributed by atoms with Gasteiger partial charge in [0.05, 0.1) is 6.54 Å². The van der Waals surface area contributed by atoms with Crippen molar-refractivity contribution in [3.05, 3.63) is 64.7 Å². The van der Waals surface area contributed by atoms with E-state index in [9.17, 15) is 5.11 Å². The average molecular weight is 447 g/mol. The van der Waals surface area contributed by atoms with E-state index >= 15 is 0 Å². The maximum Gasteiger partial charge on any atom is 0.316 e. The van der Waals surface area contributed by atoms with Gasteiger partial charge in [0.25, 0.3) is 5.72 Å². The SMILES string of the molecule is CCc1ccc(C2(O)CN(c3cccc(C)c3C)C3=[N+]2CCCS3)cc1.[Br-]. The van der Waals surface area contributed by atoms with E-state index in [1.165, 1.54) is 27.5 Å². The van der Waals surface area contributed by atoms with Crippen LogP contribution in [0.4, 0.5) is 5.69 Å². The molecule has 0 fully saturated rings. The lowest BCUT2D eigenvalue weighted by atomic mass is 9.99. The number of β-amino-alcohol motifs (C(OH)–C–C–N with tert-alkyl or cyclic N) is 1. The van der Waals surface area contributed by atoms with Gasteiger partial charge in [-0.3, -0.25) is 0 Å². The fraction of sp³-hybridized carbons (Fsp3) is 0.409. The Labute approximate surface area is 176 Å². The Balaban J connectivity index is 0.00000210. The van der Waals surface area contributed by atoms with E-state index in [4.69, 9.17) is 0 Å². The Morgan fingerprint density at radius 3 is 2.59 bits per heavy atom. The van der Waals surface area contributed by atoms with Crippen LogP contribution in [0.15, 0.2) is 42.5 Å². The number of aryl methyl sites for hydroxylation is 2. The molecule has 1 unspecified atom stereocenters. The molecule has 1 N–H and O–H groups in total. The summed E-state index contributed by atoms with van der Waals surface area (Å²) in [6.45, 7) is 7.97. The van der Waals surface area contributed by atoms with Gasteiger partial charge in [-0.15, -0.1) is 0 Å². The van der Waals surface area contributed by atoms with E-state index < -0.39 is 5.72 Å². The number of hydrogen-bond acceptors (Lipinski definition) is 3. The lowest BCUT2D eigenvalue weighted by Gasteiger charge is -2.24. The maximum atomic E-state index is 11.8. The predicted molar refractivity (Wildman–Crippen MR) is 110 cm³/mol. The van der Waals surface area contributed by atoms with E-state index in [0.717, 1.165) is 30.7 Å². The van der Waals surface area contributed by atoms with Crippen LogP contribution in [-0.2, 0) is 12.1 Å². The van der Waals surface area contributed by atoms with E-state index in [1.54, 1.807) is 0 Å². The highest BCUT2D eigenvalue weighted by molar-refractivity contribution is 8.13. The van der Waals surface area contributed by atoms with Crippen molar-refractivity contribution >= 4 is 22.6 Å². The highest BCUT2D eigenvalue weighted by Gasteiger charge is 2.53. The van der Waals surface area contributed by atoms with Gasteiger partial charge in [-0.05, 0) is 61.2 Å². The highest BCUT2D eigenvalue weighted by atomic mass is 79.9. The van der Waals surface area contributed by atoms with Crippen LogP contribution in [0.2, 0.25) is 0 Å². The van der Waals surface area contributed by atoms with Crippen molar-refractivity contribution in [1.82, 2.24) is 0 Å². The number of rotatable bonds is 3. The topological polar surface area (TPSA) is 26.5 Å². The highest BCUT2D eigenvalue weighted by Crippen LogP contribution is 2.39. The van der Waals surface area contributed by atoms with Gasteiger partial charge in [-0.2, -0.15) is 0 Å². The van der Waals surface area contributed by atoms with Crippen molar-refractivity contribution < 1.29 is 26.7 Å². The molecule has 2 aromatic carbocycles. The van der Waals surface area contributed by atoms with Crippen molar-refractivity contribution in [3.8, 4) is 0 Å². The summed E-state index contributed by atoms with van der Waals surface area (Å²) in [5.41, 5.74) is 5.11. The molecule has 4 rings (SSSR count). The number of anilines is 1. The first-order valence-electron chi connectivity index (χ1n) is 9.47. The minimum Gasteiger partial charge on any atom is -1.00 e. The van der Waals surface area contributed by atoms with E-state index in [1.807, 2.05) is 11.8 Å². The Morgan fingerprint density at radius 1 is 1.15 bits per heavy atom. The summed E-state index contributed by atoms with van der Waals surface area (Å²) in [6.07, 6.45) is 2.12.